The summed E-state index contributed by atoms with van der Waals surface area (Å²) in [5, 5.41) is 0. The summed E-state index contributed by atoms with van der Waals surface area (Å²) in [6.07, 6.45) is 1.65. The molecule has 0 unspecified atom stereocenters. The molecule has 0 aromatic rings. The predicted molar refractivity (Wildman–Crippen MR) is 53.2 cm³/mol. The van der Waals surface area contributed by atoms with Crippen molar-refractivity contribution in [2.24, 2.45) is 11.7 Å². The normalized spacial score (nSPS) is 16.1. The fraction of sp³-hybridized carbons (Fsp3) is 0.700. The lowest BCUT2D eigenvalue weighted by Crippen LogP contribution is -2.41. The predicted octanol–water partition coefficient (Wildman–Crippen LogP) is 1.48. The van der Waals surface area contributed by atoms with Crippen LogP contribution in [0.4, 0.5) is 0 Å². The van der Waals surface area contributed by atoms with E-state index in [1.807, 2.05) is 27.7 Å². The number of carbonyl (C=O) groups excluding carboxylic acids is 1. The van der Waals surface area contributed by atoms with Gasteiger partial charge in [-0.3, -0.25) is 4.79 Å². The molecule has 0 aliphatic carbocycles. The van der Waals surface area contributed by atoms with Crippen molar-refractivity contribution in [1.82, 2.24) is 0 Å². The van der Waals surface area contributed by atoms with E-state index in [4.69, 9.17) is 10.5 Å². The lowest BCUT2D eigenvalue weighted by Gasteiger charge is -2.23. The second-order valence-electron chi connectivity index (χ2n) is 4.15. The van der Waals surface area contributed by atoms with Crippen molar-refractivity contribution in [2.45, 2.75) is 39.3 Å². The molecular formula is C10H19NO2. The van der Waals surface area contributed by atoms with Crippen molar-refractivity contribution in [3.8, 4) is 0 Å². The van der Waals surface area contributed by atoms with Gasteiger partial charge < -0.3 is 10.5 Å². The van der Waals surface area contributed by atoms with E-state index in [0.717, 1.165) is 0 Å². The minimum Gasteiger partial charge on any atom is -0.459 e. The van der Waals surface area contributed by atoms with E-state index in [0.29, 0.717) is 0 Å². The molecule has 0 heterocycles. The number of hydrogen-bond acceptors (Lipinski definition) is 3. The summed E-state index contributed by atoms with van der Waals surface area (Å²) in [5.41, 5.74) is 5.16. The average molecular weight is 185 g/mol. The molecule has 13 heavy (non-hydrogen) atoms. The smallest absolute Gasteiger partial charge is 0.324 e. The van der Waals surface area contributed by atoms with E-state index < -0.39 is 11.6 Å². The van der Waals surface area contributed by atoms with Crippen molar-refractivity contribution in [3.05, 3.63) is 12.7 Å². The van der Waals surface area contributed by atoms with Gasteiger partial charge in [-0.25, -0.2) is 0 Å². The molecule has 0 aromatic heterocycles. The topological polar surface area (TPSA) is 52.3 Å². The fourth-order valence-electron chi connectivity index (χ4n) is 0.731. The van der Waals surface area contributed by atoms with Crippen LogP contribution >= 0.6 is 0 Å². The van der Waals surface area contributed by atoms with Crippen molar-refractivity contribution >= 4 is 5.97 Å². The molecule has 3 heteroatoms. The van der Waals surface area contributed by atoms with Gasteiger partial charge in [0.1, 0.15) is 11.6 Å². The highest BCUT2D eigenvalue weighted by atomic mass is 16.6. The van der Waals surface area contributed by atoms with Crippen molar-refractivity contribution < 1.29 is 9.53 Å². The lowest BCUT2D eigenvalue weighted by atomic mass is 10.0. The maximum atomic E-state index is 11.4. The van der Waals surface area contributed by atoms with Crippen LogP contribution in [-0.2, 0) is 9.53 Å². The Kier molecular flexibility index (Phi) is 4.14. The van der Waals surface area contributed by atoms with Gasteiger partial charge in [0.25, 0.3) is 0 Å². The summed E-state index contributed by atoms with van der Waals surface area (Å²) in [6, 6.07) is -0.614. The summed E-state index contributed by atoms with van der Waals surface area (Å²) in [4.78, 5) is 11.4. The Hall–Kier alpha value is -0.830. The zero-order valence-electron chi connectivity index (χ0n) is 8.83. The van der Waals surface area contributed by atoms with Crippen molar-refractivity contribution in [3.63, 3.8) is 0 Å². The van der Waals surface area contributed by atoms with Crippen LogP contribution in [0.1, 0.15) is 27.7 Å². The molecule has 2 atom stereocenters. The van der Waals surface area contributed by atoms with Gasteiger partial charge in [0.05, 0.1) is 0 Å². The second kappa shape index (κ2) is 4.42. The van der Waals surface area contributed by atoms with Crippen LogP contribution in [0.15, 0.2) is 12.7 Å². The summed E-state index contributed by atoms with van der Waals surface area (Å²) in [7, 11) is 0. The Morgan fingerprint density at radius 1 is 1.54 bits per heavy atom. The Morgan fingerprint density at radius 2 is 2.00 bits per heavy atom. The summed E-state index contributed by atoms with van der Waals surface area (Å²) >= 11 is 0. The van der Waals surface area contributed by atoms with E-state index in [1.54, 1.807) is 6.08 Å². The maximum Gasteiger partial charge on any atom is 0.324 e. The molecule has 0 aliphatic heterocycles. The van der Waals surface area contributed by atoms with Gasteiger partial charge in [0.2, 0.25) is 0 Å². The zero-order valence-corrected chi connectivity index (χ0v) is 8.83. The minimum atomic E-state index is -0.614. The number of esters is 1. The van der Waals surface area contributed by atoms with Crippen LogP contribution < -0.4 is 5.73 Å². The molecule has 0 saturated carbocycles. The van der Waals surface area contributed by atoms with Gasteiger partial charge in [0, 0.05) is 0 Å². The molecule has 0 aliphatic rings. The number of ether oxygens (including phenoxy) is 1. The van der Waals surface area contributed by atoms with Gasteiger partial charge in [-0.15, -0.1) is 6.58 Å². The fourth-order valence-corrected chi connectivity index (χ4v) is 0.731. The van der Waals surface area contributed by atoms with Crippen LogP contribution in [0.5, 0.6) is 0 Å². The molecule has 0 rings (SSSR count). The van der Waals surface area contributed by atoms with E-state index in [9.17, 15) is 4.79 Å². The first-order chi connectivity index (χ1) is 5.78. The first-order valence-electron chi connectivity index (χ1n) is 4.39. The third-order valence-electron chi connectivity index (χ3n) is 1.62. The molecule has 0 fully saturated rings. The first-order valence-corrected chi connectivity index (χ1v) is 4.39. The number of rotatable bonds is 3. The standard InChI is InChI=1S/C10H19NO2/c1-6-7(2)8(11)9(12)13-10(3,4)5/h6-8H,1,11H2,2-5H3/t7-,8-/m0/s1. The third kappa shape index (κ3) is 4.68. The molecule has 0 bridgehead atoms. The van der Waals surface area contributed by atoms with Crippen LogP contribution in [-0.4, -0.2) is 17.6 Å². The average Bonchev–Trinajstić information content (AvgIpc) is 1.98. The van der Waals surface area contributed by atoms with Gasteiger partial charge in [0.15, 0.2) is 0 Å². The molecule has 3 nitrogen and oxygen atoms in total. The highest BCUT2D eigenvalue weighted by molar-refractivity contribution is 5.76. The highest BCUT2D eigenvalue weighted by Gasteiger charge is 2.24. The monoisotopic (exact) mass is 185 g/mol. The molecule has 0 aromatic carbocycles. The first kappa shape index (κ1) is 12.2. The molecule has 0 spiro atoms. The molecule has 2 N–H and O–H groups in total. The van der Waals surface area contributed by atoms with E-state index in [2.05, 4.69) is 6.58 Å². The van der Waals surface area contributed by atoms with Crippen LogP contribution in [0.25, 0.3) is 0 Å². The van der Waals surface area contributed by atoms with Crippen molar-refractivity contribution in [2.75, 3.05) is 0 Å². The van der Waals surface area contributed by atoms with E-state index in [1.165, 1.54) is 0 Å². The Labute approximate surface area is 79.9 Å². The minimum absolute atomic E-state index is 0.0603. The van der Waals surface area contributed by atoms with Gasteiger partial charge in [-0.1, -0.05) is 13.0 Å². The summed E-state index contributed by atoms with van der Waals surface area (Å²) in [5.74, 6) is -0.435. The van der Waals surface area contributed by atoms with Gasteiger partial charge >= 0.3 is 5.97 Å². The largest absolute Gasteiger partial charge is 0.459 e. The zero-order chi connectivity index (χ0) is 10.6. The molecule has 0 saturated heterocycles. The maximum absolute atomic E-state index is 11.4. The second-order valence-corrected chi connectivity index (χ2v) is 4.15. The number of carbonyl (C=O) groups is 1. The quantitative estimate of drug-likeness (QED) is 0.535. The highest BCUT2D eigenvalue weighted by Crippen LogP contribution is 2.11. The van der Waals surface area contributed by atoms with E-state index in [-0.39, 0.29) is 11.9 Å². The van der Waals surface area contributed by atoms with Crippen LogP contribution in [0, 0.1) is 5.92 Å². The number of nitrogens with two attached hydrogens (primary N) is 1. The summed E-state index contributed by atoms with van der Waals surface area (Å²) < 4.78 is 5.11. The third-order valence-corrected chi connectivity index (χ3v) is 1.62. The number of hydrogen-bond donors (Lipinski definition) is 1. The van der Waals surface area contributed by atoms with Gasteiger partial charge in [-0.2, -0.15) is 0 Å². The van der Waals surface area contributed by atoms with Gasteiger partial charge in [-0.05, 0) is 26.7 Å². The summed E-state index contributed by atoms with van der Waals surface area (Å²) in [6.45, 7) is 10.9. The Morgan fingerprint density at radius 3 is 2.31 bits per heavy atom. The van der Waals surface area contributed by atoms with Crippen LogP contribution in [0.2, 0.25) is 0 Å². The molecule has 0 radical (unpaired) electrons. The Bertz CT molecular complexity index is 194. The van der Waals surface area contributed by atoms with E-state index >= 15 is 0 Å². The molecule has 76 valence electrons. The van der Waals surface area contributed by atoms with Crippen molar-refractivity contribution in [1.29, 1.82) is 0 Å². The van der Waals surface area contributed by atoms with Crippen LogP contribution in [0.3, 0.4) is 0 Å². The SMILES string of the molecule is C=C[C@H](C)[C@H](N)C(=O)OC(C)(C)C. The molecular weight excluding hydrogens is 166 g/mol. The molecule has 0 amide bonds. The Balaban J connectivity index is 4.19. The lowest BCUT2D eigenvalue weighted by molar-refractivity contribution is -0.157.